The number of Topliss-reactive ketones (excluding diaryl/α,β-unsaturated/α-hetero) is 1. The number of amides is 1. The lowest BCUT2D eigenvalue weighted by Gasteiger charge is -2.27. The Hall–Kier alpha value is -4.28. The van der Waals surface area contributed by atoms with Gasteiger partial charge in [0.2, 0.25) is 0 Å². The average molecular weight is 531 g/mol. The summed E-state index contributed by atoms with van der Waals surface area (Å²) in [6.45, 7) is 6.26. The Balaban J connectivity index is 1.97. The zero-order chi connectivity index (χ0) is 27.8. The molecule has 3 aromatic carbocycles. The number of aliphatic hydroxyl groups excluding tert-OH is 1. The van der Waals surface area contributed by atoms with Crippen LogP contribution in [0.4, 0.5) is 5.69 Å². The second-order valence-corrected chi connectivity index (χ2v) is 10.3. The van der Waals surface area contributed by atoms with Gasteiger partial charge in [-0.25, -0.2) is 0 Å². The number of carbonyl (C=O) groups excluding carboxylic acids is 2. The molecule has 1 N–H and O–H groups in total. The summed E-state index contributed by atoms with van der Waals surface area (Å²) in [6, 6.07) is 18.0. The minimum Gasteiger partial charge on any atom is -0.507 e. The van der Waals surface area contributed by atoms with Gasteiger partial charge in [0, 0.05) is 11.8 Å². The van der Waals surface area contributed by atoms with Gasteiger partial charge in [-0.05, 0) is 46.9 Å². The minimum atomic E-state index is -0.942. The van der Waals surface area contributed by atoms with Gasteiger partial charge in [0.05, 0.1) is 48.1 Å². The van der Waals surface area contributed by atoms with Crippen LogP contribution in [-0.2, 0) is 15.0 Å². The Morgan fingerprint density at radius 3 is 2.11 bits per heavy atom. The first-order chi connectivity index (χ1) is 18.0. The number of carbonyl (C=O) groups is 2. The van der Waals surface area contributed by atoms with E-state index in [2.05, 4.69) is 20.8 Å². The molecule has 0 aliphatic carbocycles. The lowest BCUT2D eigenvalue weighted by atomic mass is 9.85. The van der Waals surface area contributed by atoms with Crippen molar-refractivity contribution in [3.8, 4) is 17.6 Å². The van der Waals surface area contributed by atoms with E-state index in [-0.39, 0.29) is 27.3 Å². The van der Waals surface area contributed by atoms with Crippen molar-refractivity contribution < 1.29 is 24.2 Å². The van der Waals surface area contributed by atoms with Gasteiger partial charge in [0.25, 0.3) is 11.7 Å². The van der Waals surface area contributed by atoms with Gasteiger partial charge in [0.15, 0.2) is 0 Å². The maximum atomic E-state index is 13.5. The van der Waals surface area contributed by atoms with Crippen molar-refractivity contribution in [2.24, 2.45) is 0 Å². The molecule has 194 valence electrons. The van der Waals surface area contributed by atoms with E-state index < -0.39 is 23.5 Å². The fourth-order valence-electron chi connectivity index (χ4n) is 4.47. The highest BCUT2D eigenvalue weighted by Gasteiger charge is 2.47. The van der Waals surface area contributed by atoms with Gasteiger partial charge < -0.3 is 14.6 Å². The molecule has 0 aromatic heterocycles. The van der Waals surface area contributed by atoms with E-state index in [0.717, 1.165) is 5.56 Å². The average Bonchev–Trinajstić information content (AvgIpc) is 3.17. The van der Waals surface area contributed by atoms with Gasteiger partial charge in [-0.15, -0.1) is 0 Å². The van der Waals surface area contributed by atoms with Gasteiger partial charge in [-0.2, -0.15) is 5.26 Å². The number of hydrogen-bond donors (Lipinski definition) is 1. The van der Waals surface area contributed by atoms with Crippen molar-refractivity contribution in [3.63, 3.8) is 0 Å². The molecule has 1 saturated heterocycles. The zero-order valence-corrected chi connectivity index (χ0v) is 22.5. The van der Waals surface area contributed by atoms with Crippen LogP contribution in [0.2, 0.25) is 5.02 Å². The van der Waals surface area contributed by atoms with E-state index in [1.54, 1.807) is 24.3 Å². The fourth-order valence-corrected chi connectivity index (χ4v) is 4.71. The van der Waals surface area contributed by atoms with E-state index in [0.29, 0.717) is 22.6 Å². The van der Waals surface area contributed by atoms with Crippen LogP contribution < -0.4 is 14.4 Å². The lowest BCUT2D eigenvalue weighted by molar-refractivity contribution is -0.132. The van der Waals surface area contributed by atoms with Crippen LogP contribution in [0.3, 0.4) is 0 Å². The van der Waals surface area contributed by atoms with Crippen molar-refractivity contribution in [2.75, 3.05) is 19.1 Å². The molecular weight excluding hydrogens is 504 g/mol. The molecule has 0 bridgehead atoms. The summed E-state index contributed by atoms with van der Waals surface area (Å²) in [5.41, 5.74) is 2.45. The zero-order valence-electron chi connectivity index (χ0n) is 21.7. The molecule has 1 unspecified atom stereocenters. The van der Waals surface area contributed by atoms with Crippen molar-refractivity contribution in [1.29, 1.82) is 5.26 Å². The minimum absolute atomic E-state index is 0.109. The summed E-state index contributed by atoms with van der Waals surface area (Å²) >= 11 is 6.34. The predicted octanol–water partition coefficient (Wildman–Crippen LogP) is 6.15. The number of methoxy groups -OCH3 is 2. The molecular formula is C30H27ClN2O5. The summed E-state index contributed by atoms with van der Waals surface area (Å²) in [6.07, 6.45) is 0. The van der Waals surface area contributed by atoms with Gasteiger partial charge in [-0.1, -0.05) is 56.6 Å². The van der Waals surface area contributed by atoms with E-state index in [9.17, 15) is 20.0 Å². The van der Waals surface area contributed by atoms with Gasteiger partial charge in [0.1, 0.15) is 17.3 Å². The third-order valence-corrected chi connectivity index (χ3v) is 6.84. The van der Waals surface area contributed by atoms with Gasteiger partial charge in [-0.3, -0.25) is 14.5 Å². The largest absolute Gasteiger partial charge is 0.507 e. The van der Waals surface area contributed by atoms with Crippen LogP contribution in [0.15, 0.2) is 66.2 Å². The number of ketones is 1. The molecule has 8 heteroatoms. The third kappa shape index (κ3) is 4.71. The lowest BCUT2D eigenvalue weighted by Crippen LogP contribution is -2.29. The van der Waals surface area contributed by atoms with E-state index >= 15 is 0 Å². The Morgan fingerprint density at radius 1 is 0.974 bits per heavy atom. The molecule has 1 atom stereocenters. The number of halogens is 1. The number of ether oxygens (including phenoxy) is 2. The van der Waals surface area contributed by atoms with Crippen molar-refractivity contribution in [1.82, 2.24) is 0 Å². The highest BCUT2D eigenvalue weighted by molar-refractivity contribution is 6.51. The second kappa shape index (κ2) is 10.2. The third-order valence-electron chi connectivity index (χ3n) is 6.54. The standard InChI is InChI=1S/C30H27ClN2O5/c1-30(2,3)19-10-8-18(9-11-19)26-25(27(34)21-14-22(31)24(38-5)15-23(21)37-4)28(35)29(36)33(26)20-12-6-17(16-32)7-13-20/h6-15,26,34H,1-5H3/b27-25+. The van der Waals surface area contributed by atoms with Crippen LogP contribution in [0.1, 0.15) is 49.1 Å². The molecule has 0 radical (unpaired) electrons. The summed E-state index contributed by atoms with van der Waals surface area (Å²) in [7, 11) is 2.86. The van der Waals surface area contributed by atoms with Crippen LogP contribution in [0, 0.1) is 11.3 Å². The topological polar surface area (TPSA) is 99.9 Å². The van der Waals surface area contributed by atoms with Crippen molar-refractivity contribution in [3.05, 3.63) is 93.5 Å². The first-order valence-electron chi connectivity index (χ1n) is 11.8. The monoisotopic (exact) mass is 530 g/mol. The molecule has 3 aromatic rings. The summed E-state index contributed by atoms with van der Waals surface area (Å²) < 4.78 is 10.7. The molecule has 1 fully saturated rings. The number of rotatable bonds is 5. The molecule has 1 amide bonds. The SMILES string of the molecule is COc1cc(OC)c(/C(O)=C2\C(=O)C(=O)N(c3ccc(C#N)cc3)C2c2ccc(C(C)(C)C)cc2)cc1Cl. The van der Waals surface area contributed by atoms with Crippen LogP contribution in [0.25, 0.3) is 5.76 Å². The number of nitriles is 1. The van der Waals surface area contributed by atoms with Crippen LogP contribution >= 0.6 is 11.6 Å². The van der Waals surface area contributed by atoms with Crippen LogP contribution in [0.5, 0.6) is 11.5 Å². The molecule has 0 spiro atoms. The smallest absolute Gasteiger partial charge is 0.300 e. The van der Waals surface area contributed by atoms with Crippen LogP contribution in [-0.4, -0.2) is 31.0 Å². The van der Waals surface area contributed by atoms with E-state index in [1.165, 1.54) is 31.3 Å². The Kier molecular flexibility index (Phi) is 7.21. The highest BCUT2D eigenvalue weighted by Crippen LogP contribution is 2.45. The Labute approximate surface area is 226 Å². The molecule has 0 saturated carbocycles. The number of benzene rings is 3. The summed E-state index contributed by atoms with van der Waals surface area (Å²) in [4.78, 5) is 28.2. The van der Waals surface area contributed by atoms with Gasteiger partial charge >= 0.3 is 0 Å². The molecule has 38 heavy (non-hydrogen) atoms. The first-order valence-corrected chi connectivity index (χ1v) is 12.2. The maximum absolute atomic E-state index is 13.5. The van der Waals surface area contributed by atoms with Crippen molar-refractivity contribution >= 4 is 34.7 Å². The fraction of sp³-hybridized carbons (Fsp3) is 0.233. The first kappa shape index (κ1) is 26.8. The molecule has 7 nitrogen and oxygen atoms in total. The predicted molar refractivity (Wildman–Crippen MR) is 146 cm³/mol. The molecule has 1 aliphatic heterocycles. The highest BCUT2D eigenvalue weighted by atomic mass is 35.5. The normalized spacial score (nSPS) is 16.9. The maximum Gasteiger partial charge on any atom is 0.300 e. The number of nitrogens with zero attached hydrogens (tertiary/aromatic N) is 2. The molecule has 1 heterocycles. The summed E-state index contributed by atoms with van der Waals surface area (Å²) in [5, 5.41) is 20.9. The quantitative estimate of drug-likeness (QED) is 0.241. The van der Waals surface area contributed by atoms with Crippen molar-refractivity contribution in [2.45, 2.75) is 32.2 Å². The number of anilines is 1. The molecule has 4 rings (SSSR count). The second-order valence-electron chi connectivity index (χ2n) is 9.89. The number of aliphatic hydroxyl groups is 1. The molecule has 1 aliphatic rings. The van der Waals surface area contributed by atoms with E-state index in [4.69, 9.17) is 21.1 Å². The Bertz CT molecular complexity index is 1480. The Morgan fingerprint density at radius 2 is 1.58 bits per heavy atom. The number of hydrogen-bond acceptors (Lipinski definition) is 6. The summed E-state index contributed by atoms with van der Waals surface area (Å²) in [5.74, 6) is -1.54. The van der Waals surface area contributed by atoms with E-state index in [1.807, 2.05) is 30.3 Å².